The van der Waals surface area contributed by atoms with Crippen LogP contribution >= 0.6 is 0 Å². The first-order chi connectivity index (χ1) is 32.0. The fraction of sp³-hybridized carbons (Fsp3) is 0.194. The molecule has 0 radical (unpaired) electrons. The van der Waals surface area contributed by atoms with Crippen molar-refractivity contribution in [3.05, 3.63) is 192 Å². The van der Waals surface area contributed by atoms with Crippen LogP contribution in [0.15, 0.2) is 179 Å². The van der Waals surface area contributed by atoms with Gasteiger partial charge in [0.1, 0.15) is 22.3 Å². The van der Waals surface area contributed by atoms with E-state index >= 15 is 0 Å². The maximum atomic E-state index is 6.93. The molecule has 0 N–H and O–H groups in total. The molecule has 11 rings (SSSR count). The second-order valence-electron chi connectivity index (χ2n) is 19.3. The van der Waals surface area contributed by atoms with Gasteiger partial charge < -0.3 is 18.6 Å². The topological polar surface area (TPSA) is 32.8 Å². The SMILES string of the molecule is CC(C)c1ccc(N(c2ccc(C(C)C)cc2)c2ccc3c(ccc4c3oc3ccc5oc6cc(N(c7ccc(C(C)C)cc7)c7ccc(C(C)C)cc7)c7ccccc7c6c5c34)c2)cc1. The Labute approximate surface area is 387 Å². The minimum absolute atomic E-state index is 0.443. The molecule has 0 atom stereocenters. The van der Waals surface area contributed by atoms with Crippen molar-refractivity contribution < 1.29 is 8.83 Å². The minimum Gasteiger partial charge on any atom is -0.456 e. The number of rotatable bonds is 10. The molecule has 0 bridgehead atoms. The molecule has 4 heteroatoms. The molecule has 0 spiro atoms. The summed E-state index contributed by atoms with van der Waals surface area (Å²) in [5.74, 6) is 1.81. The van der Waals surface area contributed by atoms with Crippen molar-refractivity contribution in [1.29, 1.82) is 0 Å². The lowest BCUT2D eigenvalue weighted by atomic mass is 9.97. The molecule has 0 saturated heterocycles. The normalized spacial score (nSPS) is 12.2. The van der Waals surface area contributed by atoms with E-state index < -0.39 is 0 Å². The number of nitrogens with zero attached hydrogens (tertiary/aromatic N) is 2. The molecule has 4 nitrogen and oxygen atoms in total. The van der Waals surface area contributed by atoms with Gasteiger partial charge >= 0.3 is 0 Å². The smallest absolute Gasteiger partial charge is 0.143 e. The third kappa shape index (κ3) is 6.98. The fourth-order valence-corrected chi connectivity index (χ4v) is 9.98. The summed E-state index contributed by atoms with van der Waals surface area (Å²) in [5.41, 5.74) is 15.3. The van der Waals surface area contributed by atoms with Crippen LogP contribution in [0.3, 0.4) is 0 Å². The maximum Gasteiger partial charge on any atom is 0.143 e. The van der Waals surface area contributed by atoms with Gasteiger partial charge in [0.2, 0.25) is 0 Å². The Morgan fingerprint density at radius 1 is 0.318 bits per heavy atom. The fourth-order valence-electron chi connectivity index (χ4n) is 9.98. The van der Waals surface area contributed by atoms with Crippen LogP contribution in [0.2, 0.25) is 0 Å². The molecule has 326 valence electrons. The molecule has 0 amide bonds. The predicted octanol–water partition coefficient (Wildman–Crippen LogP) is 19.2. The van der Waals surface area contributed by atoms with Crippen molar-refractivity contribution in [3.63, 3.8) is 0 Å². The summed E-state index contributed by atoms with van der Waals surface area (Å²) >= 11 is 0. The van der Waals surface area contributed by atoms with E-state index in [0.29, 0.717) is 23.7 Å². The molecule has 0 fully saturated rings. The number of benzene rings is 9. The number of fused-ring (bicyclic) bond motifs is 11. The Bertz CT molecular complexity index is 3470. The van der Waals surface area contributed by atoms with Crippen LogP contribution in [0, 0.1) is 0 Å². The summed E-state index contributed by atoms with van der Waals surface area (Å²) in [7, 11) is 0. The number of hydrogen-bond acceptors (Lipinski definition) is 4. The van der Waals surface area contributed by atoms with Crippen LogP contribution in [0.1, 0.15) is 101 Å². The number of anilines is 6. The summed E-state index contributed by atoms with van der Waals surface area (Å²) < 4.78 is 13.8. The summed E-state index contributed by atoms with van der Waals surface area (Å²) in [5, 5.41) is 8.82. The molecular formula is C62H56N2O2. The van der Waals surface area contributed by atoms with Gasteiger partial charge in [-0.15, -0.1) is 0 Å². The molecule has 2 aromatic heterocycles. The van der Waals surface area contributed by atoms with Crippen molar-refractivity contribution in [1.82, 2.24) is 0 Å². The molecule has 2 heterocycles. The molecule has 11 aromatic rings. The molecule has 66 heavy (non-hydrogen) atoms. The lowest BCUT2D eigenvalue weighted by Gasteiger charge is -2.27. The van der Waals surface area contributed by atoms with E-state index in [2.05, 4.69) is 235 Å². The zero-order valence-electron chi connectivity index (χ0n) is 39.2. The monoisotopic (exact) mass is 860 g/mol. The van der Waals surface area contributed by atoms with Gasteiger partial charge in [0, 0.05) is 66.8 Å². The van der Waals surface area contributed by atoms with Crippen LogP contribution in [-0.4, -0.2) is 0 Å². The van der Waals surface area contributed by atoms with E-state index in [9.17, 15) is 0 Å². The van der Waals surface area contributed by atoms with Crippen LogP contribution in [0.4, 0.5) is 34.1 Å². The molecule has 0 aliphatic heterocycles. The number of furan rings is 2. The van der Waals surface area contributed by atoms with Crippen molar-refractivity contribution >= 4 is 99.5 Å². The lowest BCUT2D eigenvalue weighted by Crippen LogP contribution is -2.11. The number of hydrogen-bond donors (Lipinski definition) is 0. The first-order valence-electron chi connectivity index (χ1n) is 23.7. The Hall–Kier alpha value is -7.30. The summed E-state index contributed by atoms with van der Waals surface area (Å²) in [4.78, 5) is 4.74. The summed E-state index contributed by atoms with van der Waals surface area (Å²) in [6, 6.07) is 62.5. The second-order valence-corrected chi connectivity index (χ2v) is 19.3. The average molecular weight is 861 g/mol. The van der Waals surface area contributed by atoms with Gasteiger partial charge in [-0.25, -0.2) is 0 Å². The van der Waals surface area contributed by atoms with E-state index in [1.807, 2.05) is 0 Å². The minimum atomic E-state index is 0.443. The van der Waals surface area contributed by atoms with Crippen LogP contribution in [-0.2, 0) is 0 Å². The Kier molecular flexibility index (Phi) is 10.2. The standard InChI is InChI=1S/C62H56N2O2/c1-37(2)41-13-22-46(23-14-41)63(47-24-15-42(16-25-47)38(3)4)50-30-32-51-45(35-50)21-31-54-60-56(66-62(51)54)33-34-57-61(60)59-53-12-10-9-11-52(53)55(36-58(59)65-57)64(48-26-17-43(18-27-48)39(5)6)49-28-19-44(20-29-49)40(7)8/h9-40H,1-8H3. The van der Waals surface area contributed by atoms with Crippen molar-refractivity contribution in [2.45, 2.75) is 79.1 Å². The summed E-state index contributed by atoms with van der Waals surface area (Å²) in [6.45, 7) is 18.0. The van der Waals surface area contributed by atoms with Gasteiger partial charge in [0.05, 0.1) is 5.69 Å². The van der Waals surface area contributed by atoms with Gasteiger partial charge in [0.25, 0.3) is 0 Å². The van der Waals surface area contributed by atoms with Gasteiger partial charge in [-0.3, -0.25) is 0 Å². The van der Waals surface area contributed by atoms with Crippen LogP contribution < -0.4 is 9.80 Å². The molecule has 0 unspecified atom stereocenters. The third-order valence-corrected chi connectivity index (χ3v) is 13.8. The maximum absolute atomic E-state index is 6.93. The Balaban J connectivity index is 1.08. The van der Waals surface area contributed by atoms with E-state index in [4.69, 9.17) is 8.83 Å². The van der Waals surface area contributed by atoms with Crippen molar-refractivity contribution in [3.8, 4) is 0 Å². The van der Waals surface area contributed by atoms with Crippen LogP contribution in [0.25, 0.3) is 65.4 Å². The van der Waals surface area contributed by atoms with Gasteiger partial charge in [0.15, 0.2) is 0 Å². The average Bonchev–Trinajstić information content (AvgIpc) is 3.91. The largest absolute Gasteiger partial charge is 0.456 e. The lowest BCUT2D eigenvalue weighted by molar-refractivity contribution is 0.664. The Morgan fingerprint density at radius 3 is 1.24 bits per heavy atom. The van der Waals surface area contributed by atoms with E-state index in [-0.39, 0.29) is 0 Å². The Morgan fingerprint density at radius 2 is 0.742 bits per heavy atom. The van der Waals surface area contributed by atoms with E-state index in [0.717, 1.165) is 99.5 Å². The molecular weight excluding hydrogens is 805 g/mol. The second kappa shape index (κ2) is 16.3. The highest BCUT2D eigenvalue weighted by Gasteiger charge is 2.24. The third-order valence-electron chi connectivity index (χ3n) is 13.8. The highest BCUT2D eigenvalue weighted by Crippen LogP contribution is 2.49. The summed E-state index contributed by atoms with van der Waals surface area (Å²) in [6.07, 6.45) is 0. The van der Waals surface area contributed by atoms with E-state index in [1.54, 1.807) is 0 Å². The molecule has 0 aliphatic carbocycles. The van der Waals surface area contributed by atoms with Crippen molar-refractivity contribution in [2.24, 2.45) is 0 Å². The van der Waals surface area contributed by atoms with E-state index in [1.165, 1.54) is 22.3 Å². The molecule has 0 saturated carbocycles. The zero-order chi connectivity index (χ0) is 45.4. The first-order valence-corrected chi connectivity index (χ1v) is 23.7. The highest BCUT2D eigenvalue weighted by molar-refractivity contribution is 6.33. The highest BCUT2D eigenvalue weighted by atomic mass is 16.3. The zero-order valence-corrected chi connectivity index (χ0v) is 39.2. The quantitative estimate of drug-likeness (QED) is 0.137. The molecule has 9 aromatic carbocycles. The van der Waals surface area contributed by atoms with Crippen LogP contribution in [0.5, 0.6) is 0 Å². The van der Waals surface area contributed by atoms with Gasteiger partial charge in [-0.05, 0) is 142 Å². The molecule has 0 aliphatic rings. The van der Waals surface area contributed by atoms with Gasteiger partial charge in [-0.1, -0.05) is 134 Å². The van der Waals surface area contributed by atoms with Gasteiger partial charge in [-0.2, -0.15) is 0 Å². The predicted molar refractivity (Wildman–Crippen MR) is 282 cm³/mol. The first kappa shape index (κ1) is 41.4. The van der Waals surface area contributed by atoms with Crippen molar-refractivity contribution in [2.75, 3.05) is 9.80 Å².